The van der Waals surface area contributed by atoms with Gasteiger partial charge in [-0.2, -0.15) is 0 Å². The van der Waals surface area contributed by atoms with Gasteiger partial charge in [-0.25, -0.2) is 4.39 Å². The topological polar surface area (TPSA) is 29.1 Å². The van der Waals surface area contributed by atoms with Crippen LogP contribution >= 0.6 is 0 Å². The molecule has 3 heteroatoms. The van der Waals surface area contributed by atoms with Gasteiger partial charge in [-0.1, -0.05) is 48.9 Å². The summed E-state index contributed by atoms with van der Waals surface area (Å²) >= 11 is 0. The van der Waals surface area contributed by atoms with Crippen LogP contribution in [-0.2, 0) is 16.6 Å². The first-order valence-corrected chi connectivity index (χ1v) is 8.71. The first kappa shape index (κ1) is 16.7. The predicted octanol–water partition coefficient (Wildman–Crippen LogP) is 4.38. The number of halogens is 1. The lowest BCUT2D eigenvalue weighted by Gasteiger charge is -2.41. The summed E-state index contributed by atoms with van der Waals surface area (Å²) in [6, 6.07) is 16.9. The van der Waals surface area contributed by atoms with Gasteiger partial charge in [0, 0.05) is 6.04 Å². The summed E-state index contributed by atoms with van der Waals surface area (Å²) in [7, 11) is 0. The lowest BCUT2D eigenvalue weighted by atomic mass is 9.63. The van der Waals surface area contributed by atoms with E-state index in [1.165, 1.54) is 17.7 Å². The fourth-order valence-corrected chi connectivity index (χ4v) is 3.43. The first-order valence-electron chi connectivity index (χ1n) is 8.71. The molecule has 1 aliphatic rings. The maximum atomic E-state index is 13.6. The maximum Gasteiger partial charge on any atom is 0.230 e. The number of hydrogen-bond acceptors (Lipinski definition) is 1. The third-order valence-electron chi connectivity index (χ3n) is 5.11. The van der Waals surface area contributed by atoms with Crippen molar-refractivity contribution < 1.29 is 9.18 Å². The van der Waals surface area contributed by atoms with E-state index in [-0.39, 0.29) is 17.8 Å². The van der Waals surface area contributed by atoms with E-state index < -0.39 is 5.41 Å². The van der Waals surface area contributed by atoms with Gasteiger partial charge in [0.05, 0.1) is 5.41 Å². The zero-order valence-corrected chi connectivity index (χ0v) is 14.1. The summed E-state index contributed by atoms with van der Waals surface area (Å²) in [5, 5.41) is 3.15. The minimum atomic E-state index is -0.539. The highest BCUT2D eigenvalue weighted by Crippen LogP contribution is 2.44. The number of benzene rings is 2. The second-order valence-corrected chi connectivity index (χ2v) is 6.84. The van der Waals surface area contributed by atoms with E-state index in [9.17, 15) is 9.18 Å². The van der Waals surface area contributed by atoms with Crippen molar-refractivity contribution >= 4 is 5.91 Å². The summed E-state index contributed by atoms with van der Waals surface area (Å²) in [5.41, 5.74) is 1.55. The molecule has 1 atom stereocenters. The third-order valence-corrected chi connectivity index (χ3v) is 5.11. The van der Waals surface area contributed by atoms with Crippen LogP contribution in [0.1, 0.15) is 43.7 Å². The molecular weight excluding hydrogens is 301 g/mol. The van der Waals surface area contributed by atoms with Gasteiger partial charge < -0.3 is 5.32 Å². The lowest BCUT2D eigenvalue weighted by molar-refractivity contribution is -0.130. The van der Waals surface area contributed by atoms with Gasteiger partial charge in [0.1, 0.15) is 5.82 Å². The van der Waals surface area contributed by atoms with Crippen molar-refractivity contribution in [2.75, 3.05) is 0 Å². The highest BCUT2D eigenvalue weighted by atomic mass is 19.1. The summed E-state index contributed by atoms with van der Waals surface area (Å²) in [4.78, 5) is 12.8. The Balaban J connectivity index is 1.62. The van der Waals surface area contributed by atoms with Crippen molar-refractivity contribution in [3.63, 3.8) is 0 Å². The molecule has 3 rings (SSSR count). The van der Waals surface area contributed by atoms with E-state index in [0.717, 1.165) is 37.7 Å². The highest BCUT2D eigenvalue weighted by molar-refractivity contribution is 5.89. The number of carbonyl (C=O) groups is 1. The molecule has 0 heterocycles. The lowest BCUT2D eigenvalue weighted by Crippen LogP contribution is -2.51. The molecule has 0 aliphatic heterocycles. The number of aryl methyl sites for hydroxylation is 1. The SMILES string of the molecule is CC(CCc1ccccc1)NC(=O)C1(c2cccc(F)c2)CCC1. The zero-order chi connectivity index (χ0) is 17.0. The second kappa shape index (κ2) is 7.16. The van der Waals surface area contributed by atoms with E-state index in [1.807, 2.05) is 31.2 Å². The maximum absolute atomic E-state index is 13.6. The molecule has 0 saturated heterocycles. The summed E-state index contributed by atoms with van der Waals surface area (Å²) < 4.78 is 13.6. The van der Waals surface area contributed by atoms with Crippen LogP contribution in [0.15, 0.2) is 54.6 Å². The monoisotopic (exact) mass is 325 g/mol. The van der Waals surface area contributed by atoms with Crippen molar-refractivity contribution in [3.05, 3.63) is 71.5 Å². The molecule has 0 radical (unpaired) electrons. The van der Waals surface area contributed by atoms with Crippen LogP contribution in [-0.4, -0.2) is 11.9 Å². The van der Waals surface area contributed by atoms with Crippen molar-refractivity contribution in [1.82, 2.24) is 5.32 Å². The normalized spacial score (nSPS) is 16.9. The van der Waals surface area contributed by atoms with E-state index in [2.05, 4.69) is 17.4 Å². The zero-order valence-electron chi connectivity index (χ0n) is 14.1. The Morgan fingerprint density at radius 3 is 2.54 bits per heavy atom. The van der Waals surface area contributed by atoms with Gasteiger partial charge in [-0.3, -0.25) is 4.79 Å². The number of nitrogens with one attached hydrogen (secondary N) is 1. The molecule has 24 heavy (non-hydrogen) atoms. The van der Waals surface area contributed by atoms with Crippen molar-refractivity contribution in [2.45, 2.75) is 50.5 Å². The standard InChI is InChI=1S/C21H24FNO/c1-16(11-12-17-7-3-2-4-8-17)23-20(24)21(13-6-14-21)18-9-5-10-19(22)15-18/h2-5,7-10,15-16H,6,11-14H2,1H3,(H,23,24). The average Bonchev–Trinajstić information content (AvgIpc) is 2.53. The van der Waals surface area contributed by atoms with Crippen molar-refractivity contribution in [1.29, 1.82) is 0 Å². The molecule has 1 N–H and O–H groups in total. The molecule has 0 spiro atoms. The third kappa shape index (κ3) is 3.50. The van der Waals surface area contributed by atoms with Crippen LogP contribution in [0, 0.1) is 5.82 Å². The van der Waals surface area contributed by atoms with Gasteiger partial charge in [-0.05, 0) is 55.9 Å². The first-order chi connectivity index (χ1) is 11.6. The Bertz CT molecular complexity index is 694. The molecule has 1 fully saturated rings. The van der Waals surface area contributed by atoms with Crippen LogP contribution in [0.2, 0.25) is 0 Å². The average molecular weight is 325 g/mol. The molecule has 1 aliphatic carbocycles. The largest absolute Gasteiger partial charge is 0.353 e. The minimum absolute atomic E-state index is 0.0416. The second-order valence-electron chi connectivity index (χ2n) is 6.84. The van der Waals surface area contributed by atoms with Gasteiger partial charge in [0.2, 0.25) is 5.91 Å². The van der Waals surface area contributed by atoms with E-state index in [4.69, 9.17) is 0 Å². The van der Waals surface area contributed by atoms with Gasteiger partial charge in [-0.15, -0.1) is 0 Å². The van der Waals surface area contributed by atoms with Crippen LogP contribution < -0.4 is 5.32 Å². The van der Waals surface area contributed by atoms with Gasteiger partial charge >= 0.3 is 0 Å². The number of rotatable bonds is 6. The quantitative estimate of drug-likeness (QED) is 0.839. The Kier molecular flexibility index (Phi) is 4.98. The minimum Gasteiger partial charge on any atom is -0.353 e. The van der Waals surface area contributed by atoms with Crippen LogP contribution in [0.4, 0.5) is 4.39 Å². The van der Waals surface area contributed by atoms with Gasteiger partial charge in [0.25, 0.3) is 0 Å². The molecule has 1 amide bonds. The Hall–Kier alpha value is -2.16. The van der Waals surface area contributed by atoms with Crippen molar-refractivity contribution in [2.24, 2.45) is 0 Å². The highest BCUT2D eigenvalue weighted by Gasteiger charge is 2.45. The number of amides is 1. The Morgan fingerprint density at radius 1 is 1.17 bits per heavy atom. The summed E-state index contributed by atoms with van der Waals surface area (Å²) in [6.07, 6.45) is 4.45. The molecule has 2 nitrogen and oxygen atoms in total. The molecule has 1 unspecified atom stereocenters. The van der Waals surface area contributed by atoms with Crippen LogP contribution in [0.3, 0.4) is 0 Å². The molecular formula is C21H24FNO. The Labute approximate surface area is 143 Å². The number of hydrogen-bond donors (Lipinski definition) is 1. The molecule has 2 aromatic rings. The predicted molar refractivity (Wildman–Crippen MR) is 94.3 cm³/mol. The molecule has 0 bridgehead atoms. The fourth-order valence-electron chi connectivity index (χ4n) is 3.43. The van der Waals surface area contributed by atoms with Gasteiger partial charge in [0.15, 0.2) is 0 Å². The molecule has 0 aromatic heterocycles. The molecule has 1 saturated carbocycles. The van der Waals surface area contributed by atoms with Crippen LogP contribution in [0.5, 0.6) is 0 Å². The number of carbonyl (C=O) groups excluding carboxylic acids is 1. The van der Waals surface area contributed by atoms with E-state index in [0.29, 0.717) is 0 Å². The Morgan fingerprint density at radius 2 is 1.92 bits per heavy atom. The van der Waals surface area contributed by atoms with E-state index >= 15 is 0 Å². The van der Waals surface area contributed by atoms with Crippen LogP contribution in [0.25, 0.3) is 0 Å². The smallest absolute Gasteiger partial charge is 0.230 e. The van der Waals surface area contributed by atoms with E-state index in [1.54, 1.807) is 6.07 Å². The summed E-state index contributed by atoms with van der Waals surface area (Å²) in [6.45, 7) is 2.04. The fraction of sp³-hybridized carbons (Fsp3) is 0.381. The molecule has 2 aromatic carbocycles. The van der Waals surface area contributed by atoms with Crippen molar-refractivity contribution in [3.8, 4) is 0 Å². The summed E-state index contributed by atoms with van der Waals surface area (Å²) in [5.74, 6) is -0.233. The molecule has 126 valence electrons.